The van der Waals surface area contributed by atoms with Gasteiger partial charge >= 0.3 is 0 Å². The van der Waals surface area contributed by atoms with Crippen LogP contribution >= 0.6 is 17.0 Å². The fourth-order valence-electron chi connectivity index (χ4n) is 2.54. The molecule has 2 heterocycles. The molecule has 1 unspecified atom stereocenters. The average molecular weight is 342 g/mol. The standard InChI is InChI=1S/C15H23N3O.BrH/c1-2-5-15(19)18-9-8-16-11-13(12-18)10-14-6-3-4-7-17-14;/h3-4,6-7,13,16H,2,5,8-12H2,1H3;1H. The Hall–Kier alpha value is -0.940. The quantitative estimate of drug-likeness (QED) is 0.911. The molecule has 2 rings (SSSR count). The van der Waals surface area contributed by atoms with Gasteiger partial charge in [-0.1, -0.05) is 13.0 Å². The van der Waals surface area contributed by atoms with E-state index in [-0.39, 0.29) is 22.9 Å². The van der Waals surface area contributed by atoms with Crippen molar-refractivity contribution in [2.24, 2.45) is 5.92 Å². The molecule has 1 aromatic heterocycles. The van der Waals surface area contributed by atoms with Crippen molar-refractivity contribution in [1.82, 2.24) is 15.2 Å². The molecule has 0 aliphatic carbocycles. The lowest BCUT2D eigenvalue weighted by Crippen LogP contribution is -2.36. The lowest BCUT2D eigenvalue weighted by molar-refractivity contribution is -0.131. The van der Waals surface area contributed by atoms with E-state index in [1.54, 1.807) is 0 Å². The fourth-order valence-corrected chi connectivity index (χ4v) is 2.54. The number of nitrogens with one attached hydrogen (secondary N) is 1. The van der Waals surface area contributed by atoms with Gasteiger partial charge in [0.2, 0.25) is 5.91 Å². The summed E-state index contributed by atoms with van der Waals surface area (Å²) >= 11 is 0. The zero-order chi connectivity index (χ0) is 13.5. The highest BCUT2D eigenvalue weighted by molar-refractivity contribution is 8.93. The molecule has 1 N–H and O–H groups in total. The number of carbonyl (C=O) groups is 1. The van der Waals surface area contributed by atoms with Gasteiger partial charge in [0.25, 0.3) is 0 Å². The molecule has 1 atom stereocenters. The SMILES string of the molecule is Br.CCCC(=O)N1CCNCC(Cc2ccccn2)C1. The molecular weight excluding hydrogens is 318 g/mol. The van der Waals surface area contributed by atoms with Crippen LogP contribution in [0.5, 0.6) is 0 Å². The van der Waals surface area contributed by atoms with Crippen LogP contribution in [0.15, 0.2) is 24.4 Å². The molecule has 4 nitrogen and oxygen atoms in total. The lowest BCUT2D eigenvalue weighted by atomic mass is 10.0. The molecule has 112 valence electrons. The minimum atomic E-state index is 0. The molecule has 1 saturated heterocycles. The first-order valence-corrected chi connectivity index (χ1v) is 7.18. The molecule has 0 spiro atoms. The number of hydrogen-bond acceptors (Lipinski definition) is 3. The zero-order valence-electron chi connectivity index (χ0n) is 12.0. The van der Waals surface area contributed by atoms with Crippen LogP contribution in [0.3, 0.4) is 0 Å². The van der Waals surface area contributed by atoms with Crippen molar-refractivity contribution in [3.05, 3.63) is 30.1 Å². The fraction of sp³-hybridized carbons (Fsp3) is 0.600. The Morgan fingerprint density at radius 1 is 1.50 bits per heavy atom. The molecule has 1 fully saturated rings. The number of halogens is 1. The van der Waals surface area contributed by atoms with Crippen LogP contribution in [0.25, 0.3) is 0 Å². The molecule has 1 aliphatic rings. The summed E-state index contributed by atoms with van der Waals surface area (Å²) in [6.45, 7) is 5.60. The highest BCUT2D eigenvalue weighted by atomic mass is 79.9. The van der Waals surface area contributed by atoms with E-state index >= 15 is 0 Å². The van der Waals surface area contributed by atoms with E-state index in [1.165, 1.54) is 0 Å². The molecule has 1 amide bonds. The van der Waals surface area contributed by atoms with Gasteiger partial charge in [0.15, 0.2) is 0 Å². The molecule has 1 aromatic rings. The molecule has 0 saturated carbocycles. The maximum atomic E-state index is 12.0. The minimum absolute atomic E-state index is 0. The van der Waals surface area contributed by atoms with Crippen molar-refractivity contribution < 1.29 is 4.79 Å². The van der Waals surface area contributed by atoms with Crippen LogP contribution in [0.1, 0.15) is 25.5 Å². The number of aromatic nitrogens is 1. The number of rotatable bonds is 4. The van der Waals surface area contributed by atoms with Gasteiger partial charge in [-0.05, 0) is 30.9 Å². The summed E-state index contributed by atoms with van der Waals surface area (Å²) in [7, 11) is 0. The van der Waals surface area contributed by atoms with E-state index < -0.39 is 0 Å². The maximum absolute atomic E-state index is 12.0. The van der Waals surface area contributed by atoms with Gasteiger partial charge in [0.1, 0.15) is 0 Å². The molecule has 0 aromatic carbocycles. The monoisotopic (exact) mass is 341 g/mol. The van der Waals surface area contributed by atoms with E-state index in [0.29, 0.717) is 12.3 Å². The van der Waals surface area contributed by atoms with Crippen molar-refractivity contribution >= 4 is 22.9 Å². The van der Waals surface area contributed by atoms with Crippen LogP contribution in [0.2, 0.25) is 0 Å². The maximum Gasteiger partial charge on any atom is 0.222 e. The van der Waals surface area contributed by atoms with Gasteiger partial charge in [-0.25, -0.2) is 0 Å². The van der Waals surface area contributed by atoms with Gasteiger partial charge in [0.05, 0.1) is 0 Å². The van der Waals surface area contributed by atoms with Gasteiger partial charge < -0.3 is 10.2 Å². The van der Waals surface area contributed by atoms with E-state index in [0.717, 1.165) is 44.7 Å². The summed E-state index contributed by atoms with van der Waals surface area (Å²) in [6.07, 6.45) is 4.35. The predicted molar refractivity (Wildman–Crippen MR) is 86.1 cm³/mol. The second-order valence-electron chi connectivity index (χ2n) is 5.19. The smallest absolute Gasteiger partial charge is 0.222 e. The Kier molecular flexibility index (Phi) is 7.77. The molecule has 5 heteroatoms. The first-order chi connectivity index (χ1) is 9.29. The summed E-state index contributed by atoms with van der Waals surface area (Å²) in [6, 6.07) is 6.02. The summed E-state index contributed by atoms with van der Waals surface area (Å²) in [4.78, 5) is 18.4. The number of carbonyl (C=O) groups excluding carboxylic acids is 1. The van der Waals surface area contributed by atoms with Crippen molar-refractivity contribution in [3.8, 4) is 0 Å². The normalized spacial score (nSPS) is 19.1. The third-order valence-electron chi connectivity index (χ3n) is 3.51. The van der Waals surface area contributed by atoms with E-state index in [4.69, 9.17) is 0 Å². The van der Waals surface area contributed by atoms with Gasteiger partial charge in [-0.15, -0.1) is 17.0 Å². The van der Waals surface area contributed by atoms with Crippen LogP contribution in [0.4, 0.5) is 0 Å². The van der Waals surface area contributed by atoms with Gasteiger partial charge in [-0.2, -0.15) is 0 Å². The summed E-state index contributed by atoms with van der Waals surface area (Å²) < 4.78 is 0. The van der Waals surface area contributed by atoms with Crippen molar-refractivity contribution in [2.75, 3.05) is 26.2 Å². The van der Waals surface area contributed by atoms with Gasteiger partial charge in [-0.3, -0.25) is 9.78 Å². The summed E-state index contributed by atoms with van der Waals surface area (Å²) in [5, 5.41) is 3.42. The number of amides is 1. The van der Waals surface area contributed by atoms with E-state index in [1.807, 2.05) is 23.2 Å². The predicted octanol–water partition coefficient (Wildman–Crippen LogP) is 2.05. The highest BCUT2D eigenvalue weighted by Crippen LogP contribution is 2.11. The number of pyridine rings is 1. The summed E-state index contributed by atoms with van der Waals surface area (Å²) in [5.41, 5.74) is 1.11. The Balaban J connectivity index is 0.00000200. The Labute approximate surface area is 131 Å². The van der Waals surface area contributed by atoms with E-state index in [9.17, 15) is 4.79 Å². The first-order valence-electron chi connectivity index (χ1n) is 7.18. The minimum Gasteiger partial charge on any atom is -0.341 e. The van der Waals surface area contributed by atoms with Crippen LogP contribution in [-0.2, 0) is 11.2 Å². The number of hydrogen-bond donors (Lipinski definition) is 1. The average Bonchev–Trinajstić information content (AvgIpc) is 2.66. The third-order valence-corrected chi connectivity index (χ3v) is 3.51. The second kappa shape index (κ2) is 9.08. The lowest BCUT2D eigenvalue weighted by Gasteiger charge is -2.23. The second-order valence-corrected chi connectivity index (χ2v) is 5.19. The summed E-state index contributed by atoms with van der Waals surface area (Å²) in [5.74, 6) is 0.746. The molecule has 1 aliphatic heterocycles. The Morgan fingerprint density at radius 2 is 2.35 bits per heavy atom. The van der Waals surface area contributed by atoms with Gasteiger partial charge in [0, 0.05) is 44.5 Å². The van der Waals surface area contributed by atoms with Crippen LogP contribution in [-0.4, -0.2) is 42.0 Å². The largest absolute Gasteiger partial charge is 0.341 e. The van der Waals surface area contributed by atoms with E-state index in [2.05, 4.69) is 23.3 Å². The molecular formula is C15H24BrN3O. The number of nitrogens with zero attached hydrogens (tertiary/aromatic N) is 2. The van der Waals surface area contributed by atoms with Crippen LogP contribution < -0.4 is 5.32 Å². The Bertz CT molecular complexity index is 399. The van der Waals surface area contributed by atoms with Crippen molar-refractivity contribution in [1.29, 1.82) is 0 Å². The highest BCUT2D eigenvalue weighted by Gasteiger charge is 2.21. The molecule has 0 radical (unpaired) electrons. The van der Waals surface area contributed by atoms with Crippen molar-refractivity contribution in [2.45, 2.75) is 26.2 Å². The zero-order valence-corrected chi connectivity index (χ0v) is 13.8. The van der Waals surface area contributed by atoms with Crippen molar-refractivity contribution in [3.63, 3.8) is 0 Å². The van der Waals surface area contributed by atoms with Crippen LogP contribution in [0, 0.1) is 5.92 Å². The Morgan fingerprint density at radius 3 is 3.05 bits per heavy atom. The third kappa shape index (κ3) is 5.21. The first kappa shape index (κ1) is 17.1. The topological polar surface area (TPSA) is 45.2 Å². The molecule has 0 bridgehead atoms. The molecule has 20 heavy (non-hydrogen) atoms.